The van der Waals surface area contributed by atoms with Crippen LogP contribution >= 0.6 is 0 Å². The molecule has 15 heavy (non-hydrogen) atoms. The summed E-state index contributed by atoms with van der Waals surface area (Å²) >= 11 is 0. The Kier molecular flexibility index (Phi) is 4.78. The Hall–Kier alpha value is -0.870. The summed E-state index contributed by atoms with van der Waals surface area (Å²) < 4.78 is 2.19. The van der Waals surface area contributed by atoms with Gasteiger partial charge in [-0.3, -0.25) is 0 Å². The molecule has 0 atom stereocenters. The zero-order valence-electron chi connectivity index (χ0n) is 9.98. The number of nitrogens with two attached hydrogens (primary N) is 1. The van der Waals surface area contributed by atoms with Crippen LogP contribution in [-0.4, -0.2) is 40.6 Å². The number of imidazole rings is 1. The summed E-state index contributed by atoms with van der Waals surface area (Å²) in [6, 6.07) is 0.589. The molecule has 0 aliphatic carbocycles. The number of likely N-dealkylation sites (N-methyl/N-ethyl adjacent to an activating group) is 1. The molecular weight excluding hydrogens is 188 g/mol. The highest BCUT2D eigenvalue weighted by Crippen LogP contribution is 2.01. The van der Waals surface area contributed by atoms with Crippen LogP contribution in [0.1, 0.15) is 19.5 Å². The second-order valence-electron chi connectivity index (χ2n) is 4.19. The molecule has 0 saturated carbocycles. The quantitative estimate of drug-likeness (QED) is 0.753. The summed E-state index contributed by atoms with van der Waals surface area (Å²) in [6.07, 6.45) is 4.70. The summed E-state index contributed by atoms with van der Waals surface area (Å²) in [4.78, 5) is 6.48. The molecule has 1 aromatic heterocycles. The van der Waals surface area contributed by atoms with Crippen molar-refractivity contribution in [1.82, 2.24) is 14.5 Å². The fraction of sp³-hybridized carbons (Fsp3) is 0.727. The Morgan fingerprint density at radius 3 is 2.87 bits per heavy atom. The fourth-order valence-corrected chi connectivity index (χ4v) is 1.43. The third kappa shape index (κ3) is 3.64. The van der Waals surface area contributed by atoms with Crippen molar-refractivity contribution in [3.05, 3.63) is 18.2 Å². The SMILES string of the molecule is CC(C)N(C)CCn1cncc1CCN. The molecule has 0 aliphatic rings. The van der Waals surface area contributed by atoms with Gasteiger partial charge in [0.2, 0.25) is 0 Å². The van der Waals surface area contributed by atoms with Gasteiger partial charge >= 0.3 is 0 Å². The van der Waals surface area contributed by atoms with Gasteiger partial charge in [0.15, 0.2) is 0 Å². The molecule has 0 bridgehead atoms. The third-order valence-corrected chi connectivity index (χ3v) is 2.77. The van der Waals surface area contributed by atoms with Crippen molar-refractivity contribution < 1.29 is 0 Å². The highest BCUT2D eigenvalue weighted by atomic mass is 15.2. The lowest BCUT2D eigenvalue weighted by Gasteiger charge is -2.21. The van der Waals surface area contributed by atoms with Gasteiger partial charge in [0, 0.05) is 37.4 Å². The number of aromatic nitrogens is 2. The van der Waals surface area contributed by atoms with Crippen molar-refractivity contribution in [2.24, 2.45) is 5.73 Å². The normalized spacial score (nSPS) is 11.6. The van der Waals surface area contributed by atoms with E-state index in [1.165, 1.54) is 5.69 Å². The van der Waals surface area contributed by atoms with Gasteiger partial charge in [-0.05, 0) is 27.4 Å². The molecule has 1 aromatic rings. The molecule has 0 spiro atoms. The first-order chi connectivity index (χ1) is 7.15. The standard InChI is InChI=1S/C11H22N4/c1-10(2)14(3)6-7-15-9-13-8-11(15)4-5-12/h8-10H,4-7,12H2,1-3H3. The van der Waals surface area contributed by atoms with Crippen molar-refractivity contribution in [2.45, 2.75) is 32.9 Å². The van der Waals surface area contributed by atoms with Crippen molar-refractivity contribution in [2.75, 3.05) is 20.1 Å². The van der Waals surface area contributed by atoms with Crippen LogP contribution < -0.4 is 5.73 Å². The summed E-state index contributed by atoms with van der Waals surface area (Å²) in [5.74, 6) is 0. The summed E-state index contributed by atoms with van der Waals surface area (Å²) in [5, 5.41) is 0. The fourth-order valence-electron chi connectivity index (χ4n) is 1.43. The first-order valence-electron chi connectivity index (χ1n) is 5.54. The van der Waals surface area contributed by atoms with Gasteiger partial charge in [-0.1, -0.05) is 0 Å². The molecule has 4 heteroatoms. The van der Waals surface area contributed by atoms with E-state index >= 15 is 0 Å². The zero-order valence-corrected chi connectivity index (χ0v) is 9.98. The maximum atomic E-state index is 5.54. The van der Waals surface area contributed by atoms with E-state index in [9.17, 15) is 0 Å². The molecule has 0 aliphatic heterocycles. The Labute approximate surface area is 92.1 Å². The van der Waals surface area contributed by atoms with Crippen LogP contribution in [0, 0.1) is 0 Å². The zero-order chi connectivity index (χ0) is 11.3. The molecule has 2 N–H and O–H groups in total. The number of hydrogen-bond donors (Lipinski definition) is 1. The van der Waals surface area contributed by atoms with Crippen LogP contribution in [-0.2, 0) is 13.0 Å². The van der Waals surface area contributed by atoms with E-state index in [1.807, 2.05) is 12.5 Å². The van der Waals surface area contributed by atoms with Crippen molar-refractivity contribution in [1.29, 1.82) is 0 Å². The van der Waals surface area contributed by atoms with E-state index in [4.69, 9.17) is 5.73 Å². The Bertz CT molecular complexity index is 280. The lowest BCUT2D eigenvalue weighted by atomic mass is 10.3. The lowest BCUT2D eigenvalue weighted by molar-refractivity contribution is 0.262. The Balaban J connectivity index is 2.46. The van der Waals surface area contributed by atoms with Gasteiger partial charge in [-0.2, -0.15) is 0 Å². The molecule has 1 rings (SSSR count). The maximum absolute atomic E-state index is 5.54. The second-order valence-corrected chi connectivity index (χ2v) is 4.19. The minimum absolute atomic E-state index is 0.589. The van der Waals surface area contributed by atoms with E-state index in [1.54, 1.807) is 0 Å². The second kappa shape index (κ2) is 5.88. The highest BCUT2D eigenvalue weighted by molar-refractivity contribution is 4.98. The van der Waals surface area contributed by atoms with E-state index < -0.39 is 0 Å². The number of hydrogen-bond acceptors (Lipinski definition) is 3. The summed E-state index contributed by atoms with van der Waals surface area (Å²) in [5.41, 5.74) is 6.77. The number of rotatable bonds is 6. The van der Waals surface area contributed by atoms with Gasteiger partial charge in [0.25, 0.3) is 0 Å². The van der Waals surface area contributed by atoms with Crippen LogP contribution in [0.5, 0.6) is 0 Å². The molecule has 0 radical (unpaired) electrons. The monoisotopic (exact) mass is 210 g/mol. The summed E-state index contributed by atoms with van der Waals surface area (Å²) in [6.45, 7) is 7.13. The Morgan fingerprint density at radius 1 is 1.53 bits per heavy atom. The van der Waals surface area contributed by atoms with Crippen molar-refractivity contribution in [3.63, 3.8) is 0 Å². The lowest BCUT2D eigenvalue weighted by Crippen LogP contribution is -2.30. The predicted molar refractivity (Wildman–Crippen MR) is 62.8 cm³/mol. The van der Waals surface area contributed by atoms with Crippen LogP contribution in [0.2, 0.25) is 0 Å². The maximum Gasteiger partial charge on any atom is 0.0948 e. The van der Waals surface area contributed by atoms with Gasteiger partial charge in [0.05, 0.1) is 6.33 Å². The average Bonchev–Trinajstić information content (AvgIpc) is 2.62. The molecular formula is C11H22N4. The third-order valence-electron chi connectivity index (χ3n) is 2.77. The molecule has 86 valence electrons. The van der Waals surface area contributed by atoms with E-state index in [0.717, 1.165) is 19.5 Å². The molecule has 0 aromatic carbocycles. The minimum Gasteiger partial charge on any atom is -0.333 e. The van der Waals surface area contributed by atoms with E-state index in [-0.39, 0.29) is 0 Å². The number of nitrogens with zero attached hydrogens (tertiary/aromatic N) is 3. The van der Waals surface area contributed by atoms with Gasteiger partial charge in [0.1, 0.15) is 0 Å². The molecule has 1 heterocycles. The van der Waals surface area contributed by atoms with Crippen LogP contribution in [0.4, 0.5) is 0 Å². The first-order valence-corrected chi connectivity index (χ1v) is 5.54. The largest absolute Gasteiger partial charge is 0.333 e. The average molecular weight is 210 g/mol. The van der Waals surface area contributed by atoms with Crippen LogP contribution in [0.3, 0.4) is 0 Å². The molecule has 0 unspecified atom stereocenters. The minimum atomic E-state index is 0.589. The smallest absolute Gasteiger partial charge is 0.0948 e. The van der Waals surface area contributed by atoms with Crippen LogP contribution in [0.25, 0.3) is 0 Å². The van der Waals surface area contributed by atoms with Gasteiger partial charge in [-0.25, -0.2) is 4.98 Å². The highest BCUT2D eigenvalue weighted by Gasteiger charge is 2.05. The summed E-state index contributed by atoms with van der Waals surface area (Å²) in [7, 11) is 2.14. The Morgan fingerprint density at radius 2 is 2.27 bits per heavy atom. The molecule has 0 fully saturated rings. The molecule has 0 saturated heterocycles. The van der Waals surface area contributed by atoms with Gasteiger partial charge < -0.3 is 15.2 Å². The van der Waals surface area contributed by atoms with Crippen molar-refractivity contribution in [3.8, 4) is 0 Å². The molecule has 4 nitrogen and oxygen atoms in total. The topological polar surface area (TPSA) is 47.1 Å². The van der Waals surface area contributed by atoms with Gasteiger partial charge in [-0.15, -0.1) is 0 Å². The van der Waals surface area contributed by atoms with Crippen LogP contribution in [0.15, 0.2) is 12.5 Å². The first kappa shape index (κ1) is 12.2. The van der Waals surface area contributed by atoms with Crippen molar-refractivity contribution >= 4 is 0 Å². The van der Waals surface area contributed by atoms with E-state index in [0.29, 0.717) is 12.6 Å². The van der Waals surface area contributed by atoms with E-state index in [2.05, 4.69) is 35.3 Å². The molecule has 0 amide bonds. The predicted octanol–water partition coefficient (Wildman–Crippen LogP) is 0.725.